The van der Waals surface area contributed by atoms with Crippen LogP contribution >= 0.6 is 12.1 Å². The molecule has 0 atom stereocenters. The molecule has 0 saturated carbocycles. The third-order valence-electron chi connectivity index (χ3n) is 4.77. The molecule has 6 heteroatoms. The average molecular weight is 356 g/mol. The third-order valence-corrected chi connectivity index (χ3v) is 5.39. The molecule has 4 nitrogen and oxygen atoms in total. The van der Waals surface area contributed by atoms with Crippen molar-refractivity contribution < 1.29 is 9.31 Å². The van der Waals surface area contributed by atoms with Gasteiger partial charge in [-0.1, -0.05) is 42.5 Å². The molecule has 1 aliphatic heterocycles. The summed E-state index contributed by atoms with van der Waals surface area (Å²) in [6, 6.07) is 18.4. The Kier molecular flexibility index (Phi) is 5.44. The second-order valence-corrected chi connectivity index (χ2v) is 7.92. The monoisotopic (exact) mass is 356 g/mol. The highest BCUT2D eigenvalue weighted by molar-refractivity contribution is 7.98. The van der Waals surface area contributed by atoms with Crippen LogP contribution in [0.2, 0.25) is 0 Å². The Morgan fingerprint density at radius 3 is 2.28 bits per heavy atom. The standard InChI is InChI=1S/C19H25BN2O2S/c1-18(2)19(3,4)24-20(23-18)16-10-8-9-15(13-16)14-21-25-22-17-11-6-5-7-12-17/h5-13,21-22H,14H2,1-4H3. The van der Waals surface area contributed by atoms with Gasteiger partial charge in [0.25, 0.3) is 0 Å². The minimum absolute atomic E-state index is 0.318. The Morgan fingerprint density at radius 1 is 0.920 bits per heavy atom. The van der Waals surface area contributed by atoms with Crippen LogP contribution in [0.5, 0.6) is 0 Å². The van der Waals surface area contributed by atoms with Crippen LogP contribution in [-0.2, 0) is 15.9 Å². The van der Waals surface area contributed by atoms with Crippen molar-refractivity contribution in [2.75, 3.05) is 4.72 Å². The number of anilines is 1. The van der Waals surface area contributed by atoms with E-state index in [1.54, 1.807) is 0 Å². The molecule has 0 spiro atoms. The Balaban J connectivity index is 1.55. The fourth-order valence-corrected chi connectivity index (χ4v) is 3.11. The Hall–Kier alpha value is -1.47. The first-order valence-corrected chi connectivity index (χ1v) is 9.33. The zero-order valence-electron chi connectivity index (χ0n) is 15.2. The second-order valence-electron chi connectivity index (χ2n) is 7.22. The lowest BCUT2D eigenvalue weighted by molar-refractivity contribution is 0.00578. The van der Waals surface area contributed by atoms with Gasteiger partial charge in [0.1, 0.15) is 0 Å². The number of hydrogen-bond acceptors (Lipinski definition) is 5. The number of hydrogen-bond donors (Lipinski definition) is 2. The van der Waals surface area contributed by atoms with Crippen molar-refractivity contribution in [3.05, 3.63) is 60.2 Å². The van der Waals surface area contributed by atoms with E-state index < -0.39 is 0 Å². The molecule has 132 valence electrons. The molecule has 1 saturated heterocycles. The fourth-order valence-electron chi connectivity index (χ4n) is 2.55. The van der Waals surface area contributed by atoms with E-state index in [0.717, 1.165) is 17.7 Å². The van der Waals surface area contributed by atoms with Crippen molar-refractivity contribution in [3.63, 3.8) is 0 Å². The van der Waals surface area contributed by atoms with E-state index in [4.69, 9.17) is 9.31 Å². The lowest BCUT2D eigenvalue weighted by Gasteiger charge is -2.32. The van der Waals surface area contributed by atoms with E-state index in [1.165, 1.54) is 17.7 Å². The summed E-state index contributed by atoms with van der Waals surface area (Å²) in [5, 5.41) is 0. The molecule has 2 N–H and O–H groups in total. The zero-order valence-corrected chi connectivity index (χ0v) is 16.0. The van der Waals surface area contributed by atoms with Gasteiger partial charge in [-0.25, -0.2) is 4.72 Å². The molecule has 0 bridgehead atoms. The number of rotatable bonds is 6. The topological polar surface area (TPSA) is 42.5 Å². The minimum Gasteiger partial charge on any atom is -0.399 e. The van der Waals surface area contributed by atoms with Crippen LogP contribution in [0, 0.1) is 0 Å². The van der Waals surface area contributed by atoms with E-state index in [2.05, 4.69) is 55.3 Å². The smallest absolute Gasteiger partial charge is 0.399 e. The van der Waals surface area contributed by atoms with Crippen molar-refractivity contribution in [3.8, 4) is 0 Å². The van der Waals surface area contributed by atoms with Crippen LogP contribution in [0.25, 0.3) is 0 Å². The van der Waals surface area contributed by atoms with Crippen molar-refractivity contribution >= 4 is 30.4 Å². The van der Waals surface area contributed by atoms with Gasteiger partial charge in [-0.3, -0.25) is 0 Å². The summed E-state index contributed by atoms with van der Waals surface area (Å²) in [6.07, 6.45) is 0. The largest absolute Gasteiger partial charge is 0.494 e. The molecule has 2 aromatic carbocycles. The molecule has 0 aliphatic carbocycles. The highest BCUT2D eigenvalue weighted by Gasteiger charge is 2.51. The highest BCUT2D eigenvalue weighted by atomic mass is 32.2. The number of nitrogens with one attached hydrogen (secondary N) is 2. The first-order chi connectivity index (χ1) is 11.9. The van der Waals surface area contributed by atoms with Gasteiger partial charge in [-0.15, -0.1) is 0 Å². The molecule has 1 aliphatic rings. The lowest BCUT2D eigenvalue weighted by atomic mass is 9.78. The van der Waals surface area contributed by atoms with Crippen LogP contribution in [0.15, 0.2) is 54.6 Å². The Labute approximate surface area is 155 Å². The minimum atomic E-state index is -0.319. The lowest BCUT2D eigenvalue weighted by Crippen LogP contribution is -2.41. The maximum atomic E-state index is 6.13. The van der Waals surface area contributed by atoms with Gasteiger partial charge in [0.05, 0.1) is 11.2 Å². The van der Waals surface area contributed by atoms with Gasteiger partial charge in [-0.2, -0.15) is 0 Å². The second kappa shape index (κ2) is 7.42. The molecule has 2 aromatic rings. The molecule has 1 fully saturated rings. The summed E-state index contributed by atoms with van der Waals surface area (Å²) in [6.45, 7) is 9.04. The zero-order chi connectivity index (χ0) is 17.9. The first kappa shape index (κ1) is 18.3. The SMILES string of the molecule is CC1(C)OB(c2cccc(CNSNc3ccccc3)c2)OC1(C)C. The molecule has 3 rings (SSSR count). The van der Waals surface area contributed by atoms with E-state index in [0.29, 0.717) is 0 Å². The van der Waals surface area contributed by atoms with Crippen molar-refractivity contribution in [2.24, 2.45) is 0 Å². The van der Waals surface area contributed by atoms with Crippen LogP contribution in [0.4, 0.5) is 5.69 Å². The van der Waals surface area contributed by atoms with Gasteiger partial charge < -0.3 is 14.0 Å². The molecule has 0 unspecified atom stereocenters. The van der Waals surface area contributed by atoms with Gasteiger partial charge in [0.2, 0.25) is 0 Å². The van der Waals surface area contributed by atoms with E-state index in [9.17, 15) is 0 Å². The Morgan fingerprint density at radius 2 is 1.60 bits per heavy atom. The maximum Gasteiger partial charge on any atom is 0.494 e. The predicted octanol–water partition coefficient (Wildman–Crippen LogP) is 3.75. The first-order valence-electron chi connectivity index (χ1n) is 8.52. The van der Waals surface area contributed by atoms with Crippen molar-refractivity contribution in [1.82, 2.24) is 4.72 Å². The summed E-state index contributed by atoms with van der Waals surface area (Å²) < 4.78 is 18.8. The summed E-state index contributed by atoms with van der Waals surface area (Å²) >= 11 is 1.48. The van der Waals surface area contributed by atoms with Crippen molar-refractivity contribution in [1.29, 1.82) is 0 Å². The summed E-state index contributed by atoms with van der Waals surface area (Å²) in [7, 11) is -0.319. The molecule has 25 heavy (non-hydrogen) atoms. The van der Waals surface area contributed by atoms with Gasteiger partial charge in [-0.05, 0) is 50.9 Å². The summed E-state index contributed by atoms with van der Waals surface area (Å²) in [5.74, 6) is 0. The van der Waals surface area contributed by atoms with Gasteiger partial charge >= 0.3 is 7.12 Å². The van der Waals surface area contributed by atoms with Crippen LogP contribution in [-0.4, -0.2) is 18.3 Å². The average Bonchev–Trinajstić information content (AvgIpc) is 2.81. The number of benzene rings is 2. The number of para-hydroxylation sites is 1. The Bertz CT molecular complexity index is 694. The summed E-state index contributed by atoms with van der Waals surface area (Å²) in [4.78, 5) is 0. The van der Waals surface area contributed by atoms with Crippen LogP contribution < -0.4 is 14.9 Å². The third kappa shape index (κ3) is 4.39. The van der Waals surface area contributed by atoms with E-state index in [1.807, 2.05) is 36.4 Å². The van der Waals surface area contributed by atoms with Crippen molar-refractivity contribution in [2.45, 2.75) is 45.4 Å². The molecule has 0 aromatic heterocycles. The quantitative estimate of drug-likeness (QED) is 0.469. The summed E-state index contributed by atoms with van der Waals surface area (Å²) in [5.41, 5.74) is 2.68. The normalized spacial score (nSPS) is 18.3. The van der Waals surface area contributed by atoms with Gasteiger partial charge in [0.15, 0.2) is 0 Å². The van der Waals surface area contributed by atoms with E-state index in [-0.39, 0.29) is 18.3 Å². The highest BCUT2D eigenvalue weighted by Crippen LogP contribution is 2.36. The maximum absolute atomic E-state index is 6.13. The molecular formula is C19H25BN2O2S. The van der Waals surface area contributed by atoms with E-state index >= 15 is 0 Å². The fraction of sp³-hybridized carbons (Fsp3) is 0.368. The molecule has 1 heterocycles. The van der Waals surface area contributed by atoms with Crippen LogP contribution in [0.3, 0.4) is 0 Å². The van der Waals surface area contributed by atoms with Crippen LogP contribution in [0.1, 0.15) is 33.3 Å². The molecular weight excluding hydrogens is 331 g/mol. The predicted molar refractivity (Wildman–Crippen MR) is 107 cm³/mol. The molecule has 0 radical (unpaired) electrons. The van der Waals surface area contributed by atoms with Gasteiger partial charge in [0, 0.05) is 24.4 Å². The molecule has 0 amide bonds.